The lowest BCUT2D eigenvalue weighted by Gasteiger charge is -2.37. The predicted molar refractivity (Wildman–Crippen MR) is 52.4 cm³/mol. The summed E-state index contributed by atoms with van der Waals surface area (Å²) in [6, 6.07) is 0. The molecule has 68 valence electrons. The van der Waals surface area contributed by atoms with Gasteiger partial charge in [-0.05, 0) is 37.0 Å². The maximum atomic E-state index is 11.3. The normalized spacial score (nSPS) is 41.4. The number of alkyl halides is 1. The molecule has 0 heterocycles. The highest BCUT2D eigenvalue weighted by Crippen LogP contribution is 2.41. The summed E-state index contributed by atoms with van der Waals surface area (Å²) in [5.41, 5.74) is 0. The third kappa shape index (κ3) is 1.73. The van der Waals surface area contributed by atoms with Crippen molar-refractivity contribution in [2.45, 2.75) is 32.1 Å². The van der Waals surface area contributed by atoms with Crippen molar-refractivity contribution in [1.29, 1.82) is 0 Å². The fourth-order valence-electron chi connectivity index (χ4n) is 2.89. The van der Waals surface area contributed by atoms with E-state index in [9.17, 15) is 4.79 Å². The highest BCUT2D eigenvalue weighted by atomic mass is 79.9. The van der Waals surface area contributed by atoms with Crippen LogP contribution in [0.1, 0.15) is 32.1 Å². The van der Waals surface area contributed by atoms with Crippen molar-refractivity contribution < 1.29 is 4.79 Å². The van der Waals surface area contributed by atoms with Crippen LogP contribution in [0.4, 0.5) is 0 Å². The number of fused-ring (bicyclic) bond motifs is 2. The summed E-state index contributed by atoms with van der Waals surface area (Å²) in [7, 11) is 0. The lowest BCUT2D eigenvalue weighted by atomic mass is 9.68. The SMILES string of the molecule is O=C1C[C@@H]2CC(CBr)C[C@H](C1)C2. The Labute approximate surface area is 82.0 Å². The number of halogens is 1. The number of hydrogen-bond acceptors (Lipinski definition) is 1. The van der Waals surface area contributed by atoms with E-state index in [2.05, 4.69) is 15.9 Å². The van der Waals surface area contributed by atoms with Gasteiger partial charge >= 0.3 is 0 Å². The Morgan fingerprint density at radius 2 is 1.75 bits per heavy atom. The second-order valence-electron chi connectivity index (χ2n) is 4.41. The van der Waals surface area contributed by atoms with Crippen molar-refractivity contribution >= 4 is 21.7 Å². The summed E-state index contributed by atoms with van der Waals surface area (Å²) in [5, 5.41) is 1.13. The van der Waals surface area contributed by atoms with Crippen molar-refractivity contribution in [1.82, 2.24) is 0 Å². The van der Waals surface area contributed by atoms with E-state index in [0.717, 1.165) is 35.9 Å². The molecule has 2 aliphatic rings. The van der Waals surface area contributed by atoms with E-state index in [1.54, 1.807) is 0 Å². The van der Waals surface area contributed by atoms with Gasteiger partial charge in [-0.25, -0.2) is 0 Å². The molecule has 1 unspecified atom stereocenters. The molecule has 0 aromatic heterocycles. The standard InChI is InChI=1S/C10H15BrO/c11-6-9-2-7-1-8(3-9)5-10(12)4-7/h7-9H,1-6H2/t7-,8+,9?. The monoisotopic (exact) mass is 230 g/mol. The summed E-state index contributed by atoms with van der Waals surface area (Å²) >= 11 is 3.55. The van der Waals surface area contributed by atoms with Crippen LogP contribution in [0.15, 0.2) is 0 Å². The lowest BCUT2D eigenvalue weighted by Crippen LogP contribution is -2.31. The zero-order chi connectivity index (χ0) is 8.55. The molecule has 0 amide bonds. The fraction of sp³-hybridized carbons (Fsp3) is 0.900. The molecule has 0 aliphatic heterocycles. The number of carbonyl (C=O) groups is 1. The van der Waals surface area contributed by atoms with Gasteiger partial charge in [0.15, 0.2) is 0 Å². The Morgan fingerprint density at radius 1 is 1.17 bits per heavy atom. The van der Waals surface area contributed by atoms with Crippen LogP contribution in [-0.2, 0) is 4.79 Å². The second kappa shape index (κ2) is 3.49. The fourth-order valence-corrected chi connectivity index (χ4v) is 3.42. The van der Waals surface area contributed by atoms with Crippen molar-refractivity contribution in [3.63, 3.8) is 0 Å². The van der Waals surface area contributed by atoms with Crippen molar-refractivity contribution in [2.75, 3.05) is 5.33 Å². The summed E-state index contributed by atoms with van der Waals surface area (Å²) in [6.07, 6.45) is 5.65. The van der Waals surface area contributed by atoms with Crippen LogP contribution >= 0.6 is 15.9 Å². The number of ketones is 1. The second-order valence-corrected chi connectivity index (χ2v) is 5.05. The van der Waals surface area contributed by atoms with Crippen LogP contribution < -0.4 is 0 Å². The van der Waals surface area contributed by atoms with Gasteiger partial charge in [-0.1, -0.05) is 15.9 Å². The van der Waals surface area contributed by atoms with E-state index >= 15 is 0 Å². The van der Waals surface area contributed by atoms with Gasteiger partial charge < -0.3 is 0 Å². The molecule has 12 heavy (non-hydrogen) atoms. The Kier molecular flexibility index (Phi) is 2.54. The van der Waals surface area contributed by atoms with Gasteiger partial charge in [0.25, 0.3) is 0 Å². The predicted octanol–water partition coefficient (Wildman–Crippen LogP) is 2.78. The largest absolute Gasteiger partial charge is 0.300 e. The first-order chi connectivity index (χ1) is 5.78. The van der Waals surface area contributed by atoms with Gasteiger partial charge in [-0.15, -0.1) is 0 Å². The Balaban J connectivity index is 2.00. The highest BCUT2D eigenvalue weighted by Gasteiger charge is 2.34. The summed E-state index contributed by atoms with van der Waals surface area (Å²) in [6.45, 7) is 0. The average Bonchev–Trinajstić information content (AvgIpc) is 2.02. The summed E-state index contributed by atoms with van der Waals surface area (Å²) in [4.78, 5) is 11.3. The van der Waals surface area contributed by atoms with Gasteiger partial charge in [-0.3, -0.25) is 4.79 Å². The van der Waals surface area contributed by atoms with E-state index in [1.807, 2.05) is 0 Å². The molecular formula is C10H15BrO. The molecule has 2 rings (SSSR count). The molecule has 2 fully saturated rings. The van der Waals surface area contributed by atoms with Crippen molar-refractivity contribution in [3.8, 4) is 0 Å². The number of rotatable bonds is 1. The van der Waals surface area contributed by atoms with E-state index in [-0.39, 0.29) is 0 Å². The van der Waals surface area contributed by atoms with Crippen LogP contribution in [0.5, 0.6) is 0 Å². The molecular weight excluding hydrogens is 216 g/mol. The summed E-state index contributed by atoms with van der Waals surface area (Å²) in [5.74, 6) is 2.83. The zero-order valence-corrected chi connectivity index (χ0v) is 8.85. The Bertz CT molecular complexity index is 174. The lowest BCUT2D eigenvalue weighted by molar-refractivity contribution is -0.124. The maximum Gasteiger partial charge on any atom is 0.133 e. The van der Waals surface area contributed by atoms with E-state index < -0.39 is 0 Å². The molecule has 2 heteroatoms. The Morgan fingerprint density at radius 3 is 2.25 bits per heavy atom. The molecule has 0 radical (unpaired) electrons. The molecule has 2 aliphatic carbocycles. The first kappa shape index (κ1) is 8.74. The average molecular weight is 231 g/mol. The van der Waals surface area contributed by atoms with Gasteiger partial charge in [0, 0.05) is 18.2 Å². The molecule has 2 saturated carbocycles. The van der Waals surface area contributed by atoms with Crippen LogP contribution in [0.3, 0.4) is 0 Å². The molecule has 1 nitrogen and oxygen atoms in total. The molecule has 0 saturated heterocycles. The van der Waals surface area contributed by atoms with E-state index in [1.165, 1.54) is 19.3 Å². The number of Topliss-reactive ketones (excluding diaryl/α,β-unsaturated/α-hetero) is 1. The molecule has 0 aromatic carbocycles. The van der Waals surface area contributed by atoms with Crippen molar-refractivity contribution in [3.05, 3.63) is 0 Å². The minimum Gasteiger partial charge on any atom is -0.300 e. The quantitative estimate of drug-likeness (QED) is 0.634. The van der Waals surface area contributed by atoms with Crippen LogP contribution in [0.25, 0.3) is 0 Å². The van der Waals surface area contributed by atoms with E-state index in [4.69, 9.17) is 0 Å². The molecule has 0 spiro atoms. The summed E-state index contributed by atoms with van der Waals surface area (Å²) < 4.78 is 0. The van der Waals surface area contributed by atoms with Gasteiger partial charge in [-0.2, -0.15) is 0 Å². The van der Waals surface area contributed by atoms with Crippen molar-refractivity contribution in [2.24, 2.45) is 17.8 Å². The minimum atomic E-state index is 0.518. The molecule has 0 N–H and O–H groups in total. The first-order valence-corrected chi connectivity index (χ1v) is 5.97. The van der Waals surface area contributed by atoms with Gasteiger partial charge in [0.1, 0.15) is 5.78 Å². The van der Waals surface area contributed by atoms with Gasteiger partial charge in [0.2, 0.25) is 0 Å². The third-order valence-electron chi connectivity index (χ3n) is 3.25. The topological polar surface area (TPSA) is 17.1 Å². The first-order valence-electron chi connectivity index (χ1n) is 4.85. The zero-order valence-electron chi connectivity index (χ0n) is 7.26. The van der Waals surface area contributed by atoms with Crippen LogP contribution in [0.2, 0.25) is 0 Å². The smallest absolute Gasteiger partial charge is 0.133 e. The number of hydrogen-bond donors (Lipinski definition) is 0. The van der Waals surface area contributed by atoms with Crippen LogP contribution in [0, 0.1) is 17.8 Å². The molecule has 2 bridgehead atoms. The Hall–Kier alpha value is 0.150. The van der Waals surface area contributed by atoms with Crippen LogP contribution in [-0.4, -0.2) is 11.1 Å². The molecule has 3 atom stereocenters. The van der Waals surface area contributed by atoms with Gasteiger partial charge in [0.05, 0.1) is 0 Å². The highest BCUT2D eigenvalue weighted by molar-refractivity contribution is 9.09. The third-order valence-corrected chi connectivity index (χ3v) is 4.17. The maximum absolute atomic E-state index is 11.3. The number of carbonyl (C=O) groups excluding carboxylic acids is 1. The molecule has 0 aromatic rings. The minimum absolute atomic E-state index is 0.518. The van der Waals surface area contributed by atoms with E-state index in [0.29, 0.717) is 5.78 Å².